The highest BCUT2D eigenvalue weighted by atomic mass is 16.5. The van der Waals surface area contributed by atoms with E-state index >= 15 is 0 Å². The molecule has 5 heteroatoms. The Bertz CT molecular complexity index is 422. The van der Waals surface area contributed by atoms with E-state index in [1.54, 1.807) is 7.11 Å². The van der Waals surface area contributed by atoms with Gasteiger partial charge in [0.2, 0.25) is 0 Å². The summed E-state index contributed by atoms with van der Waals surface area (Å²) in [7, 11) is 3.41. The van der Waals surface area contributed by atoms with E-state index in [2.05, 4.69) is 28.7 Å². The smallest absolute Gasteiger partial charge is 0.316 e. The van der Waals surface area contributed by atoms with Gasteiger partial charge in [-0.2, -0.15) is 0 Å². The molecule has 0 aliphatic carbocycles. The van der Waals surface area contributed by atoms with Gasteiger partial charge in [-0.15, -0.1) is 0 Å². The molecule has 1 aliphatic rings. The SMILES string of the molecule is COc1ncc(CN2CCCC(OC)(C(C)C)C2)cn1. The lowest BCUT2D eigenvalue weighted by atomic mass is 9.82. The van der Waals surface area contributed by atoms with Crippen LogP contribution in [0.5, 0.6) is 6.01 Å². The first-order valence-electron chi connectivity index (χ1n) is 7.22. The Morgan fingerprint density at radius 2 is 2.00 bits per heavy atom. The van der Waals surface area contributed by atoms with Crippen molar-refractivity contribution < 1.29 is 9.47 Å². The first kappa shape index (κ1) is 15.2. The lowest BCUT2D eigenvalue weighted by molar-refractivity contribution is -0.0968. The molecule has 0 aromatic carbocycles. The minimum atomic E-state index is -0.0222. The summed E-state index contributed by atoms with van der Waals surface area (Å²) < 4.78 is 10.8. The summed E-state index contributed by atoms with van der Waals surface area (Å²) in [6.45, 7) is 7.41. The third kappa shape index (κ3) is 3.27. The van der Waals surface area contributed by atoms with Crippen LogP contribution in [-0.4, -0.2) is 47.8 Å². The van der Waals surface area contributed by atoms with Crippen LogP contribution in [0.25, 0.3) is 0 Å². The molecular weight excluding hydrogens is 254 g/mol. The highest BCUT2D eigenvalue weighted by molar-refractivity contribution is 5.08. The third-order valence-electron chi connectivity index (χ3n) is 4.29. The monoisotopic (exact) mass is 279 g/mol. The van der Waals surface area contributed by atoms with Crippen molar-refractivity contribution in [2.75, 3.05) is 27.3 Å². The molecular formula is C15H25N3O2. The summed E-state index contributed by atoms with van der Waals surface area (Å²) >= 11 is 0. The quantitative estimate of drug-likeness (QED) is 0.826. The number of ether oxygens (including phenoxy) is 2. The zero-order chi connectivity index (χ0) is 14.6. The van der Waals surface area contributed by atoms with Crippen LogP contribution < -0.4 is 4.74 Å². The number of nitrogens with zero attached hydrogens (tertiary/aromatic N) is 3. The zero-order valence-corrected chi connectivity index (χ0v) is 12.9. The standard InChI is InChI=1S/C15H25N3O2/c1-12(2)15(20-4)6-5-7-18(11-15)10-13-8-16-14(19-3)17-9-13/h8-9,12H,5-7,10-11H2,1-4H3. The lowest BCUT2D eigenvalue weighted by Crippen LogP contribution is -2.52. The van der Waals surface area contributed by atoms with Gasteiger partial charge in [-0.05, 0) is 25.3 Å². The Hall–Kier alpha value is -1.20. The van der Waals surface area contributed by atoms with Crippen LogP contribution in [0.1, 0.15) is 32.3 Å². The Kier molecular flexibility index (Phi) is 4.94. The second-order valence-electron chi connectivity index (χ2n) is 5.82. The zero-order valence-electron chi connectivity index (χ0n) is 12.9. The Labute approximate surface area is 121 Å². The minimum absolute atomic E-state index is 0.0222. The van der Waals surface area contributed by atoms with Crippen LogP contribution in [0.3, 0.4) is 0 Å². The molecule has 1 atom stereocenters. The predicted octanol–water partition coefficient (Wildman–Crippen LogP) is 2.12. The van der Waals surface area contributed by atoms with Crippen molar-refractivity contribution in [2.45, 2.75) is 38.8 Å². The van der Waals surface area contributed by atoms with Gasteiger partial charge in [-0.25, -0.2) is 9.97 Å². The summed E-state index contributed by atoms with van der Waals surface area (Å²) in [5, 5.41) is 0. The molecule has 2 heterocycles. The van der Waals surface area contributed by atoms with Gasteiger partial charge in [0, 0.05) is 38.2 Å². The third-order valence-corrected chi connectivity index (χ3v) is 4.29. The number of hydrogen-bond donors (Lipinski definition) is 0. The van der Waals surface area contributed by atoms with Crippen molar-refractivity contribution >= 4 is 0 Å². The van der Waals surface area contributed by atoms with Crippen LogP contribution in [0.2, 0.25) is 0 Å². The molecule has 1 aromatic rings. The first-order valence-corrected chi connectivity index (χ1v) is 7.22. The highest BCUT2D eigenvalue weighted by Crippen LogP contribution is 2.32. The molecule has 0 amide bonds. The van der Waals surface area contributed by atoms with Crippen LogP contribution in [0.15, 0.2) is 12.4 Å². The maximum absolute atomic E-state index is 5.85. The van der Waals surface area contributed by atoms with Gasteiger partial charge >= 0.3 is 6.01 Å². The van der Waals surface area contributed by atoms with Gasteiger partial charge in [0.05, 0.1) is 12.7 Å². The maximum atomic E-state index is 5.85. The number of rotatable bonds is 5. The van der Waals surface area contributed by atoms with E-state index in [0.717, 1.165) is 31.6 Å². The molecule has 1 aromatic heterocycles. The van der Waals surface area contributed by atoms with E-state index in [0.29, 0.717) is 11.9 Å². The van der Waals surface area contributed by atoms with Crippen molar-refractivity contribution in [3.8, 4) is 6.01 Å². The summed E-state index contributed by atoms with van der Waals surface area (Å²) in [6, 6.07) is 0.417. The number of piperidine rings is 1. The topological polar surface area (TPSA) is 47.5 Å². The van der Waals surface area contributed by atoms with Gasteiger partial charge in [0.1, 0.15) is 0 Å². The van der Waals surface area contributed by atoms with E-state index in [9.17, 15) is 0 Å². The van der Waals surface area contributed by atoms with Crippen molar-refractivity contribution in [3.63, 3.8) is 0 Å². The van der Waals surface area contributed by atoms with Crippen LogP contribution in [0, 0.1) is 5.92 Å². The maximum Gasteiger partial charge on any atom is 0.316 e. The van der Waals surface area contributed by atoms with E-state index in [4.69, 9.17) is 9.47 Å². The molecule has 0 saturated carbocycles. The number of aromatic nitrogens is 2. The van der Waals surface area contributed by atoms with Crippen molar-refractivity contribution in [1.29, 1.82) is 0 Å². The van der Waals surface area contributed by atoms with E-state index in [1.807, 2.05) is 19.5 Å². The second-order valence-corrected chi connectivity index (χ2v) is 5.82. The second kappa shape index (κ2) is 6.50. The molecule has 0 N–H and O–H groups in total. The average Bonchev–Trinajstić information content (AvgIpc) is 2.48. The number of methoxy groups -OCH3 is 2. The largest absolute Gasteiger partial charge is 0.467 e. The minimum Gasteiger partial charge on any atom is -0.467 e. The Balaban J connectivity index is 2.01. The van der Waals surface area contributed by atoms with Crippen LogP contribution in [0.4, 0.5) is 0 Å². The molecule has 0 bridgehead atoms. The average molecular weight is 279 g/mol. The van der Waals surface area contributed by atoms with Gasteiger partial charge in [-0.3, -0.25) is 4.90 Å². The van der Waals surface area contributed by atoms with Gasteiger partial charge in [-0.1, -0.05) is 13.8 Å². The fourth-order valence-corrected chi connectivity index (χ4v) is 2.94. The molecule has 112 valence electrons. The molecule has 1 fully saturated rings. The number of likely N-dealkylation sites (tertiary alicyclic amines) is 1. The molecule has 5 nitrogen and oxygen atoms in total. The fourth-order valence-electron chi connectivity index (χ4n) is 2.94. The van der Waals surface area contributed by atoms with Gasteiger partial charge < -0.3 is 9.47 Å². The lowest BCUT2D eigenvalue weighted by Gasteiger charge is -2.44. The molecule has 0 radical (unpaired) electrons. The summed E-state index contributed by atoms with van der Waals surface area (Å²) in [6.07, 6.45) is 5.98. The summed E-state index contributed by atoms with van der Waals surface area (Å²) in [5.74, 6) is 0.516. The fraction of sp³-hybridized carbons (Fsp3) is 0.733. The predicted molar refractivity (Wildman–Crippen MR) is 77.7 cm³/mol. The molecule has 1 saturated heterocycles. The molecule has 1 aliphatic heterocycles. The van der Waals surface area contributed by atoms with Crippen molar-refractivity contribution in [3.05, 3.63) is 18.0 Å². The molecule has 0 spiro atoms. The van der Waals surface area contributed by atoms with E-state index < -0.39 is 0 Å². The molecule has 1 unspecified atom stereocenters. The molecule has 2 rings (SSSR count). The highest BCUT2D eigenvalue weighted by Gasteiger charge is 2.38. The molecule has 20 heavy (non-hydrogen) atoms. The van der Waals surface area contributed by atoms with E-state index in [-0.39, 0.29) is 5.60 Å². The van der Waals surface area contributed by atoms with Gasteiger partial charge in [0.15, 0.2) is 0 Å². The van der Waals surface area contributed by atoms with Gasteiger partial charge in [0.25, 0.3) is 0 Å². The normalized spacial score (nSPS) is 24.1. The Morgan fingerprint density at radius 1 is 1.30 bits per heavy atom. The van der Waals surface area contributed by atoms with Crippen molar-refractivity contribution in [1.82, 2.24) is 14.9 Å². The van der Waals surface area contributed by atoms with Crippen LogP contribution in [-0.2, 0) is 11.3 Å². The summed E-state index contributed by atoms with van der Waals surface area (Å²) in [4.78, 5) is 10.8. The number of hydrogen-bond acceptors (Lipinski definition) is 5. The Morgan fingerprint density at radius 3 is 2.55 bits per heavy atom. The summed E-state index contributed by atoms with van der Waals surface area (Å²) in [5.41, 5.74) is 1.09. The van der Waals surface area contributed by atoms with Crippen molar-refractivity contribution in [2.24, 2.45) is 5.92 Å². The van der Waals surface area contributed by atoms with Crippen LogP contribution >= 0.6 is 0 Å². The first-order chi connectivity index (χ1) is 9.59. The van der Waals surface area contributed by atoms with E-state index in [1.165, 1.54) is 6.42 Å².